The first-order valence-corrected chi connectivity index (χ1v) is 9.09. The van der Waals surface area contributed by atoms with Crippen molar-refractivity contribution in [3.63, 3.8) is 0 Å². The second-order valence-corrected chi connectivity index (χ2v) is 7.30. The van der Waals surface area contributed by atoms with E-state index < -0.39 is 0 Å². The van der Waals surface area contributed by atoms with E-state index in [-0.39, 0.29) is 0 Å². The van der Waals surface area contributed by atoms with Crippen LogP contribution in [0.1, 0.15) is 39.0 Å². The number of morpholine rings is 1. The van der Waals surface area contributed by atoms with Crippen LogP contribution in [-0.2, 0) is 4.74 Å². The van der Waals surface area contributed by atoms with Gasteiger partial charge in [0.05, 0.1) is 13.2 Å². The van der Waals surface area contributed by atoms with Gasteiger partial charge in [-0.25, -0.2) is 0 Å². The number of rotatable bonds is 5. The molecule has 1 N–H and O–H groups in total. The zero-order chi connectivity index (χ0) is 14.5. The largest absolute Gasteiger partial charge is 0.379 e. The minimum atomic E-state index is 0.782. The van der Waals surface area contributed by atoms with Crippen molar-refractivity contribution >= 4 is 0 Å². The lowest BCUT2D eigenvalue weighted by Gasteiger charge is -2.32. The zero-order valence-electron chi connectivity index (χ0n) is 13.7. The van der Waals surface area contributed by atoms with E-state index in [0.29, 0.717) is 0 Å². The van der Waals surface area contributed by atoms with Crippen LogP contribution in [0.2, 0.25) is 0 Å². The van der Waals surface area contributed by atoms with Crippen LogP contribution < -0.4 is 5.32 Å². The predicted octanol–water partition coefficient (Wildman–Crippen LogP) is 1.56. The normalized spacial score (nSPS) is 36.1. The molecular weight excluding hydrogens is 262 g/mol. The molecule has 0 bridgehead atoms. The Morgan fingerprint density at radius 3 is 2.52 bits per heavy atom. The SMILES string of the molecule is CC1CCC(NCCN2CCC(N3CCOCC3)C2)CC1. The number of nitrogens with zero attached hydrogens (tertiary/aromatic N) is 2. The molecule has 0 amide bonds. The van der Waals surface area contributed by atoms with Crippen LogP contribution in [0, 0.1) is 5.92 Å². The average molecular weight is 295 g/mol. The highest BCUT2D eigenvalue weighted by Crippen LogP contribution is 2.23. The number of nitrogens with one attached hydrogen (secondary N) is 1. The van der Waals surface area contributed by atoms with Gasteiger partial charge in [0.15, 0.2) is 0 Å². The van der Waals surface area contributed by atoms with Gasteiger partial charge < -0.3 is 15.0 Å². The third kappa shape index (κ3) is 4.65. The van der Waals surface area contributed by atoms with Crippen molar-refractivity contribution < 1.29 is 4.74 Å². The Labute approximate surface area is 130 Å². The van der Waals surface area contributed by atoms with Gasteiger partial charge in [-0.05, 0) is 44.6 Å². The van der Waals surface area contributed by atoms with Gasteiger partial charge in [0.2, 0.25) is 0 Å². The Morgan fingerprint density at radius 2 is 1.76 bits per heavy atom. The second kappa shape index (κ2) is 7.91. The summed E-state index contributed by atoms with van der Waals surface area (Å²) in [5.41, 5.74) is 0. The first-order chi connectivity index (χ1) is 10.3. The van der Waals surface area contributed by atoms with Crippen LogP contribution in [0.5, 0.6) is 0 Å². The Bertz CT molecular complexity index is 298. The molecule has 4 heteroatoms. The topological polar surface area (TPSA) is 27.7 Å². The Hall–Kier alpha value is -0.160. The molecule has 1 saturated carbocycles. The summed E-state index contributed by atoms with van der Waals surface area (Å²) in [5.74, 6) is 0.955. The van der Waals surface area contributed by atoms with Gasteiger partial charge in [0.25, 0.3) is 0 Å². The highest BCUT2D eigenvalue weighted by atomic mass is 16.5. The molecule has 1 atom stereocenters. The molecule has 4 nitrogen and oxygen atoms in total. The van der Waals surface area contributed by atoms with Crippen LogP contribution in [0.25, 0.3) is 0 Å². The maximum absolute atomic E-state index is 5.46. The Morgan fingerprint density at radius 1 is 1.00 bits per heavy atom. The van der Waals surface area contributed by atoms with Crippen LogP contribution in [0.3, 0.4) is 0 Å². The lowest BCUT2D eigenvalue weighted by Crippen LogP contribution is -2.45. The second-order valence-electron chi connectivity index (χ2n) is 7.30. The molecule has 3 rings (SSSR count). The third-order valence-corrected chi connectivity index (χ3v) is 5.69. The lowest BCUT2D eigenvalue weighted by atomic mass is 9.87. The quantitative estimate of drug-likeness (QED) is 0.833. The number of likely N-dealkylation sites (tertiary alicyclic amines) is 1. The minimum Gasteiger partial charge on any atom is -0.379 e. The lowest BCUT2D eigenvalue weighted by molar-refractivity contribution is 0.0185. The Balaban J connectivity index is 1.30. The molecule has 2 aliphatic heterocycles. The van der Waals surface area contributed by atoms with Crippen molar-refractivity contribution in [3.05, 3.63) is 0 Å². The van der Waals surface area contributed by atoms with Gasteiger partial charge in [0.1, 0.15) is 0 Å². The maximum Gasteiger partial charge on any atom is 0.0594 e. The maximum atomic E-state index is 5.46. The van der Waals surface area contributed by atoms with Crippen molar-refractivity contribution in [2.45, 2.75) is 51.1 Å². The molecule has 3 fully saturated rings. The summed E-state index contributed by atoms with van der Waals surface area (Å²) in [6.45, 7) is 11.5. The molecule has 0 radical (unpaired) electrons. The van der Waals surface area contributed by atoms with Gasteiger partial charge in [-0.2, -0.15) is 0 Å². The summed E-state index contributed by atoms with van der Waals surface area (Å²) < 4.78 is 5.46. The van der Waals surface area contributed by atoms with Crippen LogP contribution in [-0.4, -0.2) is 74.4 Å². The van der Waals surface area contributed by atoms with E-state index in [4.69, 9.17) is 4.74 Å². The van der Waals surface area contributed by atoms with Crippen molar-refractivity contribution in [1.82, 2.24) is 15.1 Å². The summed E-state index contributed by atoms with van der Waals surface area (Å²) in [7, 11) is 0. The van der Waals surface area contributed by atoms with E-state index in [1.165, 1.54) is 58.3 Å². The molecular formula is C17H33N3O. The van der Waals surface area contributed by atoms with Crippen LogP contribution >= 0.6 is 0 Å². The summed E-state index contributed by atoms with van der Waals surface area (Å²) in [5, 5.41) is 3.79. The number of hydrogen-bond acceptors (Lipinski definition) is 4. The van der Waals surface area contributed by atoms with Gasteiger partial charge in [-0.1, -0.05) is 6.92 Å². The van der Waals surface area contributed by atoms with Gasteiger partial charge in [-0.15, -0.1) is 0 Å². The van der Waals surface area contributed by atoms with Gasteiger partial charge in [0, 0.05) is 44.8 Å². The van der Waals surface area contributed by atoms with E-state index in [9.17, 15) is 0 Å². The van der Waals surface area contributed by atoms with Gasteiger partial charge >= 0.3 is 0 Å². The zero-order valence-corrected chi connectivity index (χ0v) is 13.7. The molecule has 21 heavy (non-hydrogen) atoms. The smallest absolute Gasteiger partial charge is 0.0594 e. The Kier molecular flexibility index (Phi) is 5.92. The number of ether oxygens (including phenoxy) is 1. The molecule has 0 spiro atoms. The molecule has 0 aromatic heterocycles. The first kappa shape index (κ1) is 15.7. The van der Waals surface area contributed by atoms with Crippen molar-refractivity contribution in [3.8, 4) is 0 Å². The fourth-order valence-electron chi connectivity index (χ4n) is 4.15. The minimum absolute atomic E-state index is 0.782. The van der Waals surface area contributed by atoms with E-state index in [1.54, 1.807) is 0 Å². The van der Waals surface area contributed by atoms with Crippen molar-refractivity contribution in [2.24, 2.45) is 5.92 Å². The van der Waals surface area contributed by atoms with Crippen molar-refractivity contribution in [2.75, 3.05) is 52.5 Å². The fourth-order valence-corrected chi connectivity index (χ4v) is 4.15. The fraction of sp³-hybridized carbons (Fsp3) is 1.00. The standard InChI is InChI=1S/C17H33N3O/c1-15-2-4-16(5-3-15)18-7-9-19-8-6-17(14-19)20-10-12-21-13-11-20/h15-18H,2-14H2,1H3. The third-order valence-electron chi connectivity index (χ3n) is 5.69. The van der Waals surface area contributed by atoms with E-state index in [2.05, 4.69) is 22.0 Å². The van der Waals surface area contributed by atoms with Crippen LogP contribution in [0.15, 0.2) is 0 Å². The highest BCUT2D eigenvalue weighted by Gasteiger charge is 2.28. The molecule has 1 unspecified atom stereocenters. The molecule has 2 saturated heterocycles. The molecule has 2 heterocycles. The molecule has 3 aliphatic rings. The van der Waals surface area contributed by atoms with Crippen LogP contribution in [0.4, 0.5) is 0 Å². The monoisotopic (exact) mass is 295 g/mol. The molecule has 0 aromatic carbocycles. The molecule has 122 valence electrons. The van der Waals surface area contributed by atoms with E-state index in [1.807, 2.05) is 0 Å². The summed E-state index contributed by atoms with van der Waals surface area (Å²) in [6.07, 6.45) is 6.96. The highest BCUT2D eigenvalue weighted by molar-refractivity contribution is 4.85. The van der Waals surface area contributed by atoms with E-state index >= 15 is 0 Å². The predicted molar refractivity (Wildman–Crippen MR) is 86.7 cm³/mol. The first-order valence-electron chi connectivity index (χ1n) is 9.09. The average Bonchev–Trinajstić information content (AvgIpc) is 2.99. The molecule has 0 aromatic rings. The summed E-state index contributed by atoms with van der Waals surface area (Å²) >= 11 is 0. The van der Waals surface area contributed by atoms with Crippen molar-refractivity contribution in [1.29, 1.82) is 0 Å². The van der Waals surface area contributed by atoms with Gasteiger partial charge in [-0.3, -0.25) is 4.90 Å². The molecule has 1 aliphatic carbocycles. The summed E-state index contributed by atoms with van der Waals surface area (Å²) in [6, 6.07) is 1.57. The number of hydrogen-bond donors (Lipinski definition) is 1. The summed E-state index contributed by atoms with van der Waals surface area (Å²) in [4.78, 5) is 5.29. The van der Waals surface area contributed by atoms with E-state index in [0.717, 1.165) is 44.3 Å².